The number of likely N-dealkylation sites (N-methyl/N-ethyl adjacent to an activating group) is 1. The van der Waals surface area contributed by atoms with Crippen LogP contribution < -0.4 is 0 Å². The van der Waals surface area contributed by atoms with E-state index in [1.54, 1.807) is 7.11 Å². The first kappa shape index (κ1) is 12.9. The number of hydrogen-bond donors (Lipinski definition) is 1. The van der Waals surface area contributed by atoms with Gasteiger partial charge in [0.25, 0.3) is 0 Å². The van der Waals surface area contributed by atoms with E-state index in [2.05, 4.69) is 30.8 Å². The number of rotatable bonds is 5. The highest BCUT2D eigenvalue weighted by Gasteiger charge is 2.31. The Morgan fingerprint density at radius 1 is 1.47 bits per heavy atom. The Bertz CT molecular complexity index is 187. The van der Waals surface area contributed by atoms with E-state index in [0.29, 0.717) is 18.6 Å². The van der Waals surface area contributed by atoms with E-state index < -0.39 is 0 Å². The number of aliphatic hydroxyl groups excluding tert-OH is 1. The molecule has 15 heavy (non-hydrogen) atoms. The van der Waals surface area contributed by atoms with Gasteiger partial charge in [-0.05, 0) is 20.0 Å². The monoisotopic (exact) mass is 216 g/mol. The fraction of sp³-hybridized carbons (Fsp3) is 1.00. The van der Waals surface area contributed by atoms with Gasteiger partial charge < -0.3 is 14.7 Å². The molecule has 1 aliphatic rings. The summed E-state index contributed by atoms with van der Waals surface area (Å²) >= 11 is 0. The molecule has 0 spiro atoms. The first-order chi connectivity index (χ1) is 7.04. The van der Waals surface area contributed by atoms with Crippen LogP contribution in [0.4, 0.5) is 0 Å². The molecule has 3 unspecified atom stereocenters. The van der Waals surface area contributed by atoms with Gasteiger partial charge in [-0.3, -0.25) is 4.90 Å². The summed E-state index contributed by atoms with van der Waals surface area (Å²) < 4.78 is 4.93. The van der Waals surface area contributed by atoms with Gasteiger partial charge in [-0.25, -0.2) is 0 Å². The summed E-state index contributed by atoms with van der Waals surface area (Å²) in [4.78, 5) is 4.59. The first-order valence-corrected chi connectivity index (χ1v) is 5.60. The van der Waals surface area contributed by atoms with Crippen LogP contribution in [0.3, 0.4) is 0 Å². The van der Waals surface area contributed by atoms with Gasteiger partial charge in [0.2, 0.25) is 0 Å². The quantitative estimate of drug-likeness (QED) is 0.695. The number of likely N-dealkylation sites (tertiary alicyclic amines) is 1. The van der Waals surface area contributed by atoms with E-state index in [-0.39, 0.29) is 6.10 Å². The standard InChI is InChI=1S/C11H24N2O2/c1-9-5-13(6-10(14)8-15-4)7-11(9)12(2)3/h9-11,14H,5-8H2,1-4H3. The fourth-order valence-electron chi connectivity index (χ4n) is 2.41. The lowest BCUT2D eigenvalue weighted by Gasteiger charge is -2.23. The van der Waals surface area contributed by atoms with Gasteiger partial charge in [-0.1, -0.05) is 6.92 Å². The molecular weight excluding hydrogens is 192 g/mol. The molecule has 1 aliphatic heterocycles. The molecule has 90 valence electrons. The molecule has 0 amide bonds. The summed E-state index contributed by atoms with van der Waals surface area (Å²) in [6.45, 7) is 5.55. The van der Waals surface area contributed by atoms with Crippen LogP contribution in [-0.4, -0.2) is 74.5 Å². The third kappa shape index (κ3) is 3.72. The lowest BCUT2D eigenvalue weighted by Crippen LogP contribution is -2.37. The molecule has 4 heteroatoms. The second kappa shape index (κ2) is 5.80. The molecule has 0 aliphatic carbocycles. The van der Waals surface area contributed by atoms with Crippen molar-refractivity contribution in [2.45, 2.75) is 19.1 Å². The second-order valence-electron chi connectivity index (χ2n) is 4.84. The molecule has 0 aromatic rings. The predicted molar refractivity (Wildman–Crippen MR) is 61.0 cm³/mol. The zero-order chi connectivity index (χ0) is 11.4. The van der Waals surface area contributed by atoms with Crippen LogP contribution in [0.1, 0.15) is 6.92 Å². The van der Waals surface area contributed by atoms with E-state index in [4.69, 9.17) is 4.74 Å². The number of nitrogens with zero attached hydrogens (tertiary/aromatic N) is 2. The Morgan fingerprint density at radius 3 is 2.60 bits per heavy atom. The fourth-order valence-corrected chi connectivity index (χ4v) is 2.41. The SMILES string of the molecule is COCC(O)CN1CC(C)C(N(C)C)C1. The molecule has 4 nitrogen and oxygen atoms in total. The van der Waals surface area contributed by atoms with Crippen molar-refractivity contribution in [1.82, 2.24) is 9.80 Å². The number of β-amino-alcohol motifs (C(OH)–C–C–N with tert-alkyl or cyclic N) is 1. The largest absolute Gasteiger partial charge is 0.389 e. The zero-order valence-electron chi connectivity index (χ0n) is 10.3. The van der Waals surface area contributed by atoms with Crippen molar-refractivity contribution in [3.63, 3.8) is 0 Å². The van der Waals surface area contributed by atoms with E-state index in [1.165, 1.54) is 0 Å². The van der Waals surface area contributed by atoms with Crippen molar-refractivity contribution in [1.29, 1.82) is 0 Å². The minimum absolute atomic E-state index is 0.358. The maximum Gasteiger partial charge on any atom is 0.0900 e. The lowest BCUT2D eigenvalue weighted by atomic mass is 10.1. The van der Waals surface area contributed by atoms with Crippen LogP contribution in [-0.2, 0) is 4.74 Å². The van der Waals surface area contributed by atoms with Crippen molar-refractivity contribution < 1.29 is 9.84 Å². The van der Waals surface area contributed by atoms with E-state index in [9.17, 15) is 5.11 Å². The summed E-state index contributed by atoms with van der Waals surface area (Å²) in [7, 11) is 5.87. The normalized spacial score (nSPS) is 30.0. The third-order valence-electron chi connectivity index (χ3n) is 3.14. The van der Waals surface area contributed by atoms with Crippen LogP contribution in [0, 0.1) is 5.92 Å². The summed E-state index contributed by atoms with van der Waals surface area (Å²) in [5, 5.41) is 9.64. The van der Waals surface area contributed by atoms with Gasteiger partial charge in [0, 0.05) is 32.8 Å². The maximum atomic E-state index is 9.64. The van der Waals surface area contributed by atoms with E-state index >= 15 is 0 Å². The van der Waals surface area contributed by atoms with Crippen molar-refractivity contribution in [3.05, 3.63) is 0 Å². The van der Waals surface area contributed by atoms with Crippen molar-refractivity contribution >= 4 is 0 Å². The van der Waals surface area contributed by atoms with Crippen LogP contribution in [0.2, 0.25) is 0 Å². The van der Waals surface area contributed by atoms with Crippen molar-refractivity contribution in [2.75, 3.05) is 47.4 Å². The smallest absolute Gasteiger partial charge is 0.0900 e. The van der Waals surface area contributed by atoms with Crippen LogP contribution in [0.15, 0.2) is 0 Å². The Morgan fingerprint density at radius 2 is 2.13 bits per heavy atom. The van der Waals surface area contributed by atoms with E-state index in [1.807, 2.05) is 0 Å². The molecule has 0 bridgehead atoms. The molecule has 0 aromatic heterocycles. The lowest BCUT2D eigenvalue weighted by molar-refractivity contribution is 0.0414. The Balaban J connectivity index is 2.34. The van der Waals surface area contributed by atoms with Crippen LogP contribution in [0.5, 0.6) is 0 Å². The van der Waals surface area contributed by atoms with Gasteiger partial charge in [0.05, 0.1) is 12.7 Å². The predicted octanol–water partition coefficient (Wildman–Crippen LogP) is -0.124. The summed E-state index contributed by atoms with van der Waals surface area (Å²) in [5.41, 5.74) is 0. The minimum atomic E-state index is -0.358. The van der Waals surface area contributed by atoms with Gasteiger partial charge in [-0.15, -0.1) is 0 Å². The highest BCUT2D eigenvalue weighted by molar-refractivity contribution is 4.87. The molecule has 0 aromatic carbocycles. The topological polar surface area (TPSA) is 35.9 Å². The molecule has 1 fully saturated rings. The second-order valence-corrected chi connectivity index (χ2v) is 4.84. The Labute approximate surface area is 92.8 Å². The van der Waals surface area contributed by atoms with E-state index in [0.717, 1.165) is 19.6 Å². The van der Waals surface area contributed by atoms with Crippen LogP contribution in [0.25, 0.3) is 0 Å². The summed E-state index contributed by atoms with van der Waals surface area (Å²) in [6.07, 6.45) is -0.358. The molecule has 3 atom stereocenters. The molecular formula is C11H24N2O2. The molecule has 1 saturated heterocycles. The number of methoxy groups -OCH3 is 1. The summed E-state index contributed by atoms with van der Waals surface area (Å²) in [6, 6.07) is 0.611. The van der Waals surface area contributed by atoms with Gasteiger partial charge in [-0.2, -0.15) is 0 Å². The molecule has 0 saturated carbocycles. The van der Waals surface area contributed by atoms with Gasteiger partial charge >= 0.3 is 0 Å². The average Bonchev–Trinajstić information content (AvgIpc) is 2.47. The number of aliphatic hydroxyl groups is 1. The third-order valence-corrected chi connectivity index (χ3v) is 3.14. The van der Waals surface area contributed by atoms with Crippen molar-refractivity contribution in [3.8, 4) is 0 Å². The number of ether oxygens (including phenoxy) is 1. The first-order valence-electron chi connectivity index (χ1n) is 5.60. The minimum Gasteiger partial charge on any atom is -0.389 e. The Kier molecular flexibility index (Phi) is 4.99. The Hall–Kier alpha value is -0.160. The zero-order valence-corrected chi connectivity index (χ0v) is 10.3. The average molecular weight is 216 g/mol. The number of hydrogen-bond acceptors (Lipinski definition) is 4. The van der Waals surface area contributed by atoms with Gasteiger partial charge in [0.15, 0.2) is 0 Å². The van der Waals surface area contributed by atoms with Gasteiger partial charge in [0.1, 0.15) is 0 Å². The molecule has 1 rings (SSSR count). The molecule has 1 heterocycles. The highest BCUT2D eigenvalue weighted by Crippen LogP contribution is 2.19. The molecule has 1 N–H and O–H groups in total. The van der Waals surface area contributed by atoms with Crippen molar-refractivity contribution in [2.24, 2.45) is 5.92 Å². The van der Waals surface area contributed by atoms with Crippen LogP contribution >= 0.6 is 0 Å². The summed E-state index contributed by atoms with van der Waals surface area (Å²) in [5.74, 6) is 0.676. The highest BCUT2D eigenvalue weighted by atomic mass is 16.5. The maximum absolute atomic E-state index is 9.64. The molecule has 0 radical (unpaired) electrons.